The molecular weight excluding hydrogens is 258 g/mol. The van der Waals surface area contributed by atoms with E-state index in [1.807, 2.05) is 0 Å². The number of amides is 2. The van der Waals surface area contributed by atoms with E-state index in [-0.39, 0.29) is 24.4 Å². The molecule has 0 aromatic carbocycles. The predicted molar refractivity (Wildman–Crippen MR) is 75.6 cm³/mol. The van der Waals surface area contributed by atoms with E-state index in [4.69, 9.17) is 5.11 Å². The minimum absolute atomic E-state index is 0.0189. The lowest BCUT2D eigenvalue weighted by Crippen LogP contribution is -2.51. The molecule has 6 nitrogen and oxygen atoms in total. The van der Waals surface area contributed by atoms with Gasteiger partial charge >= 0.3 is 12.0 Å². The van der Waals surface area contributed by atoms with Crippen molar-refractivity contribution in [2.75, 3.05) is 33.2 Å². The Morgan fingerprint density at radius 3 is 2.55 bits per heavy atom. The average Bonchev–Trinajstić information content (AvgIpc) is 2.41. The quantitative estimate of drug-likeness (QED) is 0.810. The van der Waals surface area contributed by atoms with Crippen LogP contribution in [-0.2, 0) is 4.79 Å². The van der Waals surface area contributed by atoms with Crippen LogP contribution < -0.4 is 5.32 Å². The van der Waals surface area contributed by atoms with Gasteiger partial charge in [0.2, 0.25) is 0 Å². The van der Waals surface area contributed by atoms with Crippen LogP contribution in [0.3, 0.4) is 0 Å². The van der Waals surface area contributed by atoms with Crippen LogP contribution in [0.25, 0.3) is 0 Å². The van der Waals surface area contributed by atoms with Gasteiger partial charge in [-0.2, -0.15) is 0 Å². The molecule has 2 aliphatic rings. The number of carboxylic acids is 1. The van der Waals surface area contributed by atoms with E-state index in [1.165, 1.54) is 0 Å². The molecule has 2 aliphatic heterocycles. The average molecular weight is 283 g/mol. The fraction of sp³-hybridized carbons (Fsp3) is 0.857. The van der Waals surface area contributed by atoms with Crippen LogP contribution >= 0.6 is 0 Å². The fourth-order valence-electron chi connectivity index (χ4n) is 3.08. The number of nitrogens with one attached hydrogen (secondary N) is 1. The van der Waals surface area contributed by atoms with Crippen molar-refractivity contribution in [2.24, 2.45) is 5.92 Å². The van der Waals surface area contributed by atoms with Gasteiger partial charge in [-0.25, -0.2) is 4.79 Å². The topological polar surface area (TPSA) is 72.9 Å². The first-order valence-corrected chi connectivity index (χ1v) is 7.50. The van der Waals surface area contributed by atoms with Gasteiger partial charge in [0.05, 0.1) is 0 Å². The van der Waals surface area contributed by atoms with Crippen LogP contribution in [0.1, 0.15) is 32.1 Å². The Hall–Kier alpha value is -1.30. The van der Waals surface area contributed by atoms with Gasteiger partial charge in [-0.15, -0.1) is 0 Å². The molecule has 0 bridgehead atoms. The predicted octanol–water partition coefficient (Wildman–Crippen LogP) is 0.977. The summed E-state index contributed by atoms with van der Waals surface area (Å²) in [4.78, 5) is 27.1. The highest BCUT2D eigenvalue weighted by molar-refractivity contribution is 5.75. The molecule has 0 aromatic heterocycles. The third kappa shape index (κ3) is 4.37. The van der Waals surface area contributed by atoms with Crippen LogP contribution in [0.4, 0.5) is 4.79 Å². The zero-order chi connectivity index (χ0) is 14.5. The van der Waals surface area contributed by atoms with E-state index in [9.17, 15) is 9.59 Å². The first-order valence-electron chi connectivity index (χ1n) is 7.50. The van der Waals surface area contributed by atoms with Crippen LogP contribution in [0.2, 0.25) is 0 Å². The van der Waals surface area contributed by atoms with Crippen molar-refractivity contribution in [3.05, 3.63) is 0 Å². The second kappa shape index (κ2) is 6.92. The summed E-state index contributed by atoms with van der Waals surface area (Å²) in [7, 11) is 2.10. The molecule has 20 heavy (non-hydrogen) atoms. The summed E-state index contributed by atoms with van der Waals surface area (Å²) in [5.41, 5.74) is 0. The van der Waals surface area contributed by atoms with Gasteiger partial charge in [0.15, 0.2) is 0 Å². The van der Waals surface area contributed by atoms with Crippen molar-refractivity contribution in [1.29, 1.82) is 0 Å². The van der Waals surface area contributed by atoms with Crippen LogP contribution in [0, 0.1) is 5.92 Å². The Kier molecular flexibility index (Phi) is 5.23. The normalized spacial score (nSPS) is 25.4. The smallest absolute Gasteiger partial charge is 0.317 e. The summed E-state index contributed by atoms with van der Waals surface area (Å²) in [5.74, 6) is -0.669. The number of urea groups is 1. The zero-order valence-corrected chi connectivity index (χ0v) is 12.2. The van der Waals surface area contributed by atoms with E-state index in [0.717, 1.165) is 45.3 Å². The van der Waals surface area contributed by atoms with Crippen molar-refractivity contribution in [2.45, 2.75) is 38.1 Å². The lowest BCUT2D eigenvalue weighted by atomic mass is 9.95. The van der Waals surface area contributed by atoms with Crippen molar-refractivity contribution in [1.82, 2.24) is 15.1 Å². The fourth-order valence-corrected chi connectivity index (χ4v) is 3.08. The van der Waals surface area contributed by atoms with Gasteiger partial charge in [-0.1, -0.05) is 0 Å². The molecule has 0 spiro atoms. The zero-order valence-electron chi connectivity index (χ0n) is 12.2. The number of likely N-dealkylation sites (tertiary alicyclic amines) is 2. The Balaban J connectivity index is 1.78. The summed E-state index contributed by atoms with van der Waals surface area (Å²) in [6, 6.07) is 0.244. The molecule has 2 fully saturated rings. The largest absolute Gasteiger partial charge is 0.481 e. The van der Waals surface area contributed by atoms with E-state index in [1.54, 1.807) is 4.90 Å². The maximum absolute atomic E-state index is 12.2. The summed E-state index contributed by atoms with van der Waals surface area (Å²) < 4.78 is 0. The van der Waals surface area contributed by atoms with E-state index in [0.29, 0.717) is 6.54 Å². The van der Waals surface area contributed by atoms with Gasteiger partial charge in [0, 0.05) is 25.6 Å². The molecule has 0 radical (unpaired) electrons. The van der Waals surface area contributed by atoms with E-state index < -0.39 is 5.97 Å². The molecule has 1 unspecified atom stereocenters. The number of hydrogen-bond acceptors (Lipinski definition) is 3. The Bertz CT molecular complexity index is 354. The van der Waals surface area contributed by atoms with Crippen molar-refractivity contribution >= 4 is 12.0 Å². The number of rotatable bonds is 3. The molecule has 2 N–H and O–H groups in total. The molecule has 114 valence electrons. The number of piperidine rings is 2. The lowest BCUT2D eigenvalue weighted by Gasteiger charge is -2.35. The summed E-state index contributed by atoms with van der Waals surface area (Å²) >= 11 is 0. The monoisotopic (exact) mass is 283 g/mol. The summed E-state index contributed by atoms with van der Waals surface area (Å²) in [5, 5.41) is 11.9. The number of nitrogens with zero attached hydrogens (tertiary/aromatic N) is 2. The molecule has 2 heterocycles. The molecule has 2 amide bonds. The van der Waals surface area contributed by atoms with Crippen LogP contribution in [-0.4, -0.2) is 66.2 Å². The lowest BCUT2D eigenvalue weighted by molar-refractivity contribution is -0.138. The third-order valence-electron chi connectivity index (χ3n) is 4.32. The Morgan fingerprint density at radius 1 is 1.20 bits per heavy atom. The molecule has 0 saturated carbocycles. The second-order valence-corrected chi connectivity index (χ2v) is 6.08. The molecule has 0 aromatic rings. The van der Waals surface area contributed by atoms with Gasteiger partial charge in [-0.3, -0.25) is 4.79 Å². The van der Waals surface area contributed by atoms with Crippen LogP contribution in [0.15, 0.2) is 0 Å². The number of aliphatic carboxylic acids is 1. The molecule has 6 heteroatoms. The minimum atomic E-state index is -0.771. The molecule has 0 aliphatic carbocycles. The highest BCUT2D eigenvalue weighted by Crippen LogP contribution is 2.20. The number of carbonyl (C=O) groups excluding carboxylic acids is 1. The van der Waals surface area contributed by atoms with Crippen molar-refractivity contribution < 1.29 is 14.7 Å². The molecular formula is C14H25N3O3. The molecule has 2 saturated heterocycles. The number of carboxylic acid groups (broad SMARTS) is 1. The number of hydrogen-bond donors (Lipinski definition) is 2. The molecule has 1 atom stereocenters. The maximum atomic E-state index is 12.2. The van der Waals surface area contributed by atoms with E-state index >= 15 is 0 Å². The van der Waals surface area contributed by atoms with Gasteiger partial charge in [0.1, 0.15) is 0 Å². The Morgan fingerprint density at radius 2 is 1.90 bits per heavy atom. The summed E-state index contributed by atoms with van der Waals surface area (Å²) in [6.45, 7) is 3.36. The third-order valence-corrected chi connectivity index (χ3v) is 4.32. The standard InChI is InChI=1S/C14H25N3O3/c1-16-7-4-12(5-8-16)15-14(20)17-6-2-3-11(10-17)9-13(18)19/h11-12H,2-10H2,1H3,(H,15,20)(H,18,19). The minimum Gasteiger partial charge on any atom is -0.481 e. The SMILES string of the molecule is CN1CCC(NC(=O)N2CCCC(CC(=O)O)C2)CC1. The maximum Gasteiger partial charge on any atom is 0.317 e. The first kappa shape index (κ1) is 15.1. The Labute approximate surface area is 120 Å². The number of carbonyl (C=O) groups is 2. The second-order valence-electron chi connectivity index (χ2n) is 6.08. The van der Waals surface area contributed by atoms with Gasteiger partial charge in [-0.05, 0) is 51.7 Å². The summed E-state index contributed by atoms with van der Waals surface area (Å²) in [6.07, 6.45) is 3.96. The van der Waals surface area contributed by atoms with Gasteiger partial charge in [0.25, 0.3) is 0 Å². The highest BCUT2D eigenvalue weighted by Gasteiger charge is 2.27. The highest BCUT2D eigenvalue weighted by atomic mass is 16.4. The van der Waals surface area contributed by atoms with Crippen LogP contribution in [0.5, 0.6) is 0 Å². The van der Waals surface area contributed by atoms with Crippen molar-refractivity contribution in [3.63, 3.8) is 0 Å². The van der Waals surface area contributed by atoms with Gasteiger partial charge < -0.3 is 20.2 Å². The van der Waals surface area contributed by atoms with Crippen molar-refractivity contribution in [3.8, 4) is 0 Å². The van der Waals surface area contributed by atoms with E-state index in [2.05, 4.69) is 17.3 Å². The first-order chi connectivity index (χ1) is 9.54. The molecule has 2 rings (SSSR count).